The highest BCUT2D eigenvalue weighted by molar-refractivity contribution is 5.85. The third-order valence-corrected chi connectivity index (χ3v) is 4.50. The van der Waals surface area contributed by atoms with Crippen LogP contribution in [0, 0.1) is 11.3 Å². The number of carbonyl (C=O) groups is 1. The van der Waals surface area contributed by atoms with Crippen LogP contribution in [0.1, 0.15) is 53.4 Å². The Hall–Kier alpha value is -0.280. The topological polar surface area (TPSA) is 55.1 Å². The lowest BCUT2D eigenvalue weighted by Gasteiger charge is -2.27. The van der Waals surface area contributed by atoms with Gasteiger partial charge in [0, 0.05) is 18.0 Å². The first kappa shape index (κ1) is 16.7. The summed E-state index contributed by atoms with van der Waals surface area (Å²) in [4.78, 5) is 11.9. The maximum Gasteiger partial charge on any atom is 0.223 e. The van der Waals surface area contributed by atoms with E-state index in [-0.39, 0.29) is 35.2 Å². The van der Waals surface area contributed by atoms with Crippen LogP contribution >= 0.6 is 12.4 Å². The number of carbonyl (C=O) groups excluding carboxylic acids is 1. The Morgan fingerprint density at radius 1 is 1.41 bits per heavy atom. The highest BCUT2D eigenvalue weighted by Gasteiger charge is 2.52. The molecule has 3 nitrogen and oxygen atoms in total. The first-order valence-electron chi connectivity index (χ1n) is 6.47. The molecule has 17 heavy (non-hydrogen) atoms. The fourth-order valence-electron chi connectivity index (χ4n) is 2.09. The molecule has 102 valence electrons. The Balaban J connectivity index is 0.00000256. The molecule has 1 fully saturated rings. The van der Waals surface area contributed by atoms with Gasteiger partial charge in [0.2, 0.25) is 5.91 Å². The van der Waals surface area contributed by atoms with E-state index >= 15 is 0 Å². The van der Waals surface area contributed by atoms with E-state index in [1.54, 1.807) is 0 Å². The van der Waals surface area contributed by atoms with Crippen molar-refractivity contribution >= 4 is 18.3 Å². The Labute approximate surface area is 111 Å². The Morgan fingerprint density at radius 3 is 2.29 bits per heavy atom. The second-order valence-corrected chi connectivity index (χ2v) is 5.55. The third kappa shape index (κ3) is 3.85. The van der Waals surface area contributed by atoms with Crippen LogP contribution in [-0.2, 0) is 4.79 Å². The van der Waals surface area contributed by atoms with E-state index in [0.717, 1.165) is 25.7 Å². The highest BCUT2D eigenvalue weighted by Crippen LogP contribution is 2.54. The van der Waals surface area contributed by atoms with Crippen molar-refractivity contribution in [3.8, 4) is 0 Å². The molecule has 0 bridgehead atoms. The van der Waals surface area contributed by atoms with Gasteiger partial charge in [-0.15, -0.1) is 12.4 Å². The molecule has 0 saturated heterocycles. The molecular formula is C13H27ClN2O. The monoisotopic (exact) mass is 262 g/mol. The fourth-order valence-corrected chi connectivity index (χ4v) is 2.09. The number of hydrogen-bond acceptors (Lipinski definition) is 2. The molecule has 0 aromatic heterocycles. The molecule has 0 aliphatic heterocycles. The van der Waals surface area contributed by atoms with Crippen molar-refractivity contribution in [2.45, 2.75) is 58.9 Å². The summed E-state index contributed by atoms with van der Waals surface area (Å²) in [6.07, 6.45) is 3.92. The average Bonchev–Trinajstić information content (AvgIpc) is 2.99. The molecule has 0 spiro atoms. The highest BCUT2D eigenvalue weighted by atomic mass is 35.5. The minimum Gasteiger partial charge on any atom is -0.354 e. The molecule has 0 heterocycles. The molecule has 1 aliphatic carbocycles. The van der Waals surface area contributed by atoms with Gasteiger partial charge in [-0.2, -0.15) is 0 Å². The van der Waals surface area contributed by atoms with E-state index in [1.807, 2.05) is 0 Å². The average molecular weight is 263 g/mol. The van der Waals surface area contributed by atoms with E-state index in [1.165, 1.54) is 0 Å². The molecule has 1 saturated carbocycles. The lowest BCUT2D eigenvalue weighted by atomic mass is 9.94. The second kappa shape index (κ2) is 6.05. The van der Waals surface area contributed by atoms with Gasteiger partial charge in [0.1, 0.15) is 0 Å². The van der Waals surface area contributed by atoms with Gasteiger partial charge in [-0.25, -0.2) is 0 Å². The minimum atomic E-state index is -0.229. The van der Waals surface area contributed by atoms with Crippen LogP contribution in [0.4, 0.5) is 0 Å². The number of rotatable bonds is 6. The lowest BCUT2D eigenvalue weighted by Crippen LogP contribution is -2.49. The lowest BCUT2D eigenvalue weighted by molar-refractivity contribution is -0.123. The van der Waals surface area contributed by atoms with Crippen LogP contribution in [-0.4, -0.2) is 18.0 Å². The van der Waals surface area contributed by atoms with Crippen LogP contribution < -0.4 is 11.1 Å². The van der Waals surface area contributed by atoms with Crippen molar-refractivity contribution in [3.05, 3.63) is 0 Å². The van der Waals surface area contributed by atoms with Gasteiger partial charge in [-0.05, 0) is 31.1 Å². The van der Waals surface area contributed by atoms with Crippen molar-refractivity contribution in [1.29, 1.82) is 0 Å². The summed E-state index contributed by atoms with van der Waals surface area (Å²) in [5.41, 5.74) is 6.17. The van der Waals surface area contributed by atoms with Gasteiger partial charge in [0.15, 0.2) is 0 Å². The standard InChI is InChI=1S/C13H26N2O.ClH/c1-5-12(4)8-10(12)11(16)15-9-13(14,6-2)7-3;/h10H,5-9,14H2,1-4H3,(H,15,16);1H. The Bertz CT molecular complexity index is 266. The van der Waals surface area contributed by atoms with E-state index in [9.17, 15) is 4.79 Å². The van der Waals surface area contributed by atoms with Gasteiger partial charge in [0.25, 0.3) is 0 Å². The first-order chi connectivity index (χ1) is 7.40. The summed E-state index contributed by atoms with van der Waals surface area (Å²) < 4.78 is 0. The minimum absolute atomic E-state index is 0. The van der Waals surface area contributed by atoms with Crippen molar-refractivity contribution in [1.82, 2.24) is 5.32 Å². The maximum absolute atomic E-state index is 11.9. The third-order valence-electron chi connectivity index (χ3n) is 4.50. The first-order valence-corrected chi connectivity index (χ1v) is 6.47. The van der Waals surface area contributed by atoms with E-state index < -0.39 is 0 Å². The molecule has 0 aromatic carbocycles. The predicted octanol–water partition coefficient (Wildman–Crippen LogP) is 2.48. The summed E-state index contributed by atoms with van der Waals surface area (Å²) in [7, 11) is 0. The van der Waals surface area contributed by atoms with Crippen molar-refractivity contribution in [2.24, 2.45) is 17.1 Å². The molecule has 1 amide bonds. The van der Waals surface area contributed by atoms with Crippen LogP contribution in [0.15, 0.2) is 0 Å². The van der Waals surface area contributed by atoms with E-state index in [0.29, 0.717) is 6.54 Å². The summed E-state index contributed by atoms with van der Waals surface area (Å²) >= 11 is 0. The van der Waals surface area contributed by atoms with Crippen molar-refractivity contribution in [3.63, 3.8) is 0 Å². The fraction of sp³-hybridized carbons (Fsp3) is 0.923. The van der Waals surface area contributed by atoms with Gasteiger partial charge in [0.05, 0.1) is 0 Å². The predicted molar refractivity (Wildman–Crippen MR) is 74.3 cm³/mol. The Morgan fingerprint density at radius 2 is 1.94 bits per heavy atom. The van der Waals surface area contributed by atoms with Crippen LogP contribution in [0.2, 0.25) is 0 Å². The maximum atomic E-state index is 11.9. The largest absolute Gasteiger partial charge is 0.354 e. The SMILES string of the molecule is CCC(N)(CC)CNC(=O)C1CC1(C)CC.Cl. The molecule has 2 unspecified atom stereocenters. The molecule has 2 atom stereocenters. The summed E-state index contributed by atoms with van der Waals surface area (Å²) in [6.45, 7) is 9.09. The molecule has 0 radical (unpaired) electrons. The molecule has 1 aliphatic rings. The number of hydrogen-bond donors (Lipinski definition) is 2. The normalized spacial score (nSPS) is 27.2. The number of nitrogens with one attached hydrogen (secondary N) is 1. The van der Waals surface area contributed by atoms with E-state index in [2.05, 4.69) is 33.0 Å². The van der Waals surface area contributed by atoms with Crippen LogP contribution in [0.3, 0.4) is 0 Å². The number of amides is 1. The zero-order chi connectivity index (χ0) is 12.4. The van der Waals surface area contributed by atoms with Gasteiger partial charge in [-0.3, -0.25) is 4.79 Å². The van der Waals surface area contributed by atoms with Gasteiger partial charge in [-0.1, -0.05) is 27.7 Å². The molecule has 0 aromatic rings. The smallest absolute Gasteiger partial charge is 0.223 e. The van der Waals surface area contributed by atoms with Gasteiger partial charge < -0.3 is 11.1 Å². The quantitative estimate of drug-likeness (QED) is 0.773. The molecule has 1 rings (SSSR count). The van der Waals surface area contributed by atoms with Crippen molar-refractivity contribution < 1.29 is 4.79 Å². The van der Waals surface area contributed by atoms with Crippen molar-refractivity contribution in [2.75, 3.05) is 6.54 Å². The summed E-state index contributed by atoms with van der Waals surface area (Å²) in [5.74, 6) is 0.413. The summed E-state index contributed by atoms with van der Waals surface area (Å²) in [6, 6.07) is 0. The second-order valence-electron chi connectivity index (χ2n) is 5.55. The Kier molecular flexibility index (Phi) is 5.95. The number of nitrogens with two attached hydrogens (primary N) is 1. The molecule has 3 N–H and O–H groups in total. The molecular weight excluding hydrogens is 236 g/mol. The van der Waals surface area contributed by atoms with Gasteiger partial charge >= 0.3 is 0 Å². The molecule has 4 heteroatoms. The zero-order valence-corrected chi connectivity index (χ0v) is 12.3. The van der Waals surface area contributed by atoms with E-state index in [4.69, 9.17) is 5.73 Å². The van der Waals surface area contributed by atoms with Crippen LogP contribution in [0.5, 0.6) is 0 Å². The zero-order valence-electron chi connectivity index (χ0n) is 11.5. The van der Waals surface area contributed by atoms with Crippen LogP contribution in [0.25, 0.3) is 0 Å². The number of halogens is 1. The summed E-state index contributed by atoms with van der Waals surface area (Å²) in [5, 5.41) is 3.01.